The van der Waals surface area contributed by atoms with Gasteiger partial charge in [0, 0.05) is 11.2 Å². The summed E-state index contributed by atoms with van der Waals surface area (Å²) >= 11 is 0. The van der Waals surface area contributed by atoms with Gasteiger partial charge in [-0.25, -0.2) is 17.2 Å². The Hall–Kier alpha value is -1.70. The number of sulfone groups is 1. The third-order valence-electron chi connectivity index (χ3n) is 2.64. The van der Waals surface area contributed by atoms with Crippen LogP contribution in [0.3, 0.4) is 0 Å². The summed E-state index contributed by atoms with van der Waals surface area (Å²) in [5.74, 6) is -3.47. The van der Waals surface area contributed by atoms with Gasteiger partial charge in [-0.05, 0) is 39.8 Å². The van der Waals surface area contributed by atoms with Gasteiger partial charge in [0.25, 0.3) is 0 Å². The maximum atomic E-state index is 13.7. The minimum absolute atomic E-state index is 0.240. The summed E-state index contributed by atoms with van der Waals surface area (Å²) in [5, 5.41) is 0.823. The summed E-state index contributed by atoms with van der Waals surface area (Å²) in [7, 11) is -4.51. The first-order valence-electron chi connectivity index (χ1n) is 6.16. The number of amides is 1. The van der Waals surface area contributed by atoms with Crippen LogP contribution in [0.15, 0.2) is 17.0 Å². The number of carbonyl (C=O) groups is 1. The highest BCUT2D eigenvalue weighted by atomic mass is 32.2. The molecule has 0 saturated carbocycles. The average Bonchev–Trinajstić information content (AvgIpc) is 2.23. The van der Waals surface area contributed by atoms with Crippen LogP contribution in [0.25, 0.3) is 0 Å². The van der Waals surface area contributed by atoms with Gasteiger partial charge < -0.3 is 11.1 Å². The van der Waals surface area contributed by atoms with Crippen LogP contribution in [0.5, 0.6) is 0 Å². The zero-order chi connectivity index (χ0) is 16.6. The SMILES string of the molecule is CC(C(=O)NC(C)(C)C)S(=O)(=O)c1c(F)cc(N)cc1F. The zero-order valence-corrected chi connectivity index (χ0v) is 13.0. The highest BCUT2D eigenvalue weighted by Gasteiger charge is 2.36. The van der Waals surface area contributed by atoms with Crippen molar-refractivity contribution in [1.82, 2.24) is 5.32 Å². The second-order valence-electron chi connectivity index (χ2n) is 5.74. The molecule has 0 heterocycles. The van der Waals surface area contributed by atoms with Crippen LogP contribution in [0.4, 0.5) is 14.5 Å². The maximum Gasteiger partial charge on any atom is 0.238 e. The second-order valence-corrected chi connectivity index (χ2v) is 7.95. The molecule has 1 atom stereocenters. The number of nitrogen functional groups attached to an aromatic ring is 1. The van der Waals surface area contributed by atoms with Gasteiger partial charge in [-0.1, -0.05) is 0 Å². The number of hydrogen-bond donors (Lipinski definition) is 2. The number of rotatable bonds is 3. The van der Waals surface area contributed by atoms with Gasteiger partial charge in [0.15, 0.2) is 9.84 Å². The fraction of sp³-hybridized carbons (Fsp3) is 0.462. The molecule has 118 valence electrons. The summed E-state index contributed by atoms with van der Waals surface area (Å²) in [4.78, 5) is 10.8. The van der Waals surface area contributed by atoms with Gasteiger partial charge in [-0.15, -0.1) is 0 Å². The normalized spacial score (nSPS) is 13.8. The fourth-order valence-electron chi connectivity index (χ4n) is 1.64. The Labute approximate surface area is 122 Å². The Kier molecular flexibility index (Phi) is 4.62. The van der Waals surface area contributed by atoms with Gasteiger partial charge >= 0.3 is 0 Å². The molecule has 8 heteroatoms. The van der Waals surface area contributed by atoms with Gasteiger partial charge in [0.05, 0.1) is 0 Å². The second kappa shape index (κ2) is 5.59. The molecular weight excluding hydrogens is 302 g/mol. The van der Waals surface area contributed by atoms with E-state index in [9.17, 15) is 22.0 Å². The zero-order valence-electron chi connectivity index (χ0n) is 12.2. The van der Waals surface area contributed by atoms with E-state index in [4.69, 9.17) is 5.73 Å². The van der Waals surface area contributed by atoms with Crippen molar-refractivity contribution in [3.8, 4) is 0 Å². The molecule has 0 radical (unpaired) electrons. The number of carbonyl (C=O) groups excluding carboxylic acids is 1. The fourth-order valence-corrected chi connectivity index (χ4v) is 3.00. The first-order valence-corrected chi connectivity index (χ1v) is 7.71. The average molecular weight is 320 g/mol. The molecule has 1 unspecified atom stereocenters. The number of nitrogens with one attached hydrogen (secondary N) is 1. The van der Waals surface area contributed by atoms with Crippen molar-refractivity contribution in [2.75, 3.05) is 5.73 Å². The van der Waals surface area contributed by atoms with Gasteiger partial charge in [0.2, 0.25) is 5.91 Å². The minimum Gasteiger partial charge on any atom is -0.399 e. The van der Waals surface area contributed by atoms with E-state index < -0.39 is 43.1 Å². The van der Waals surface area contributed by atoms with E-state index in [0.717, 1.165) is 6.92 Å². The van der Waals surface area contributed by atoms with Crippen LogP contribution in [-0.4, -0.2) is 25.1 Å². The van der Waals surface area contributed by atoms with Crippen molar-refractivity contribution >= 4 is 21.4 Å². The molecule has 21 heavy (non-hydrogen) atoms. The molecule has 0 fully saturated rings. The van der Waals surface area contributed by atoms with Crippen LogP contribution >= 0.6 is 0 Å². The molecule has 0 spiro atoms. The van der Waals surface area contributed by atoms with E-state index in [-0.39, 0.29) is 5.69 Å². The predicted molar refractivity (Wildman–Crippen MR) is 75.3 cm³/mol. The Bertz CT molecular complexity index is 643. The molecule has 1 rings (SSSR count). The molecule has 1 aromatic rings. The third kappa shape index (κ3) is 3.90. The first-order chi connectivity index (χ1) is 9.36. The standard InChI is InChI=1S/C13H18F2N2O3S/c1-7(12(18)17-13(2,3)4)21(19,20)11-9(14)5-8(16)6-10(11)15/h5-7H,16H2,1-4H3,(H,17,18). The molecular formula is C13H18F2N2O3S. The highest BCUT2D eigenvalue weighted by Crippen LogP contribution is 2.25. The Balaban J connectivity index is 3.27. The molecule has 0 aliphatic rings. The van der Waals surface area contributed by atoms with E-state index in [0.29, 0.717) is 12.1 Å². The van der Waals surface area contributed by atoms with Crippen molar-refractivity contribution in [1.29, 1.82) is 0 Å². The lowest BCUT2D eigenvalue weighted by atomic mass is 10.1. The molecule has 5 nitrogen and oxygen atoms in total. The molecule has 0 aromatic heterocycles. The first kappa shape index (κ1) is 17.4. The summed E-state index contributed by atoms with van der Waals surface area (Å²) in [5.41, 5.74) is 4.33. The lowest BCUT2D eigenvalue weighted by Crippen LogP contribution is -2.47. The molecule has 1 aromatic carbocycles. The van der Waals surface area contributed by atoms with Crippen LogP contribution in [0.1, 0.15) is 27.7 Å². The molecule has 1 amide bonds. The monoisotopic (exact) mass is 320 g/mol. The Morgan fingerprint density at radius 3 is 2.05 bits per heavy atom. The smallest absolute Gasteiger partial charge is 0.238 e. The van der Waals surface area contributed by atoms with E-state index in [1.807, 2.05) is 0 Å². The highest BCUT2D eigenvalue weighted by molar-refractivity contribution is 7.92. The number of benzene rings is 1. The van der Waals surface area contributed by atoms with E-state index in [1.54, 1.807) is 20.8 Å². The summed E-state index contributed by atoms with van der Waals surface area (Å²) in [6.45, 7) is 6.06. The largest absolute Gasteiger partial charge is 0.399 e. The number of hydrogen-bond acceptors (Lipinski definition) is 4. The minimum atomic E-state index is -4.51. The molecule has 3 N–H and O–H groups in total. The number of nitrogens with two attached hydrogens (primary N) is 1. The molecule has 0 saturated heterocycles. The third-order valence-corrected chi connectivity index (χ3v) is 4.74. The quantitative estimate of drug-likeness (QED) is 0.828. The van der Waals surface area contributed by atoms with Crippen molar-refractivity contribution in [2.24, 2.45) is 0 Å². The van der Waals surface area contributed by atoms with Crippen LogP contribution < -0.4 is 11.1 Å². The lowest BCUT2D eigenvalue weighted by molar-refractivity contribution is -0.121. The summed E-state index contributed by atoms with van der Waals surface area (Å²) in [6.07, 6.45) is 0. The summed E-state index contributed by atoms with van der Waals surface area (Å²) < 4.78 is 51.9. The van der Waals surface area contributed by atoms with E-state index in [1.165, 1.54) is 0 Å². The van der Waals surface area contributed by atoms with Crippen molar-refractivity contribution in [3.05, 3.63) is 23.8 Å². The summed E-state index contributed by atoms with van der Waals surface area (Å²) in [6, 6.07) is 1.40. The lowest BCUT2D eigenvalue weighted by Gasteiger charge is -2.23. The van der Waals surface area contributed by atoms with Crippen LogP contribution in [-0.2, 0) is 14.6 Å². The van der Waals surface area contributed by atoms with Crippen molar-refractivity contribution < 1.29 is 22.0 Å². The predicted octanol–water partition coefficient (Wildman–Crippen LogP) is 1.62. The van der Waals surface area contributed by atoms with Gasteiger partial charge in [-0.3, -0.25) is 4.79 Å². The van der Waals surface area contributed by atoms with Gasteiger partial charge in [-0.2, -0.15) is 0 Å². The molecule has 0 aliphatic heterocycles. The van der Waals surface area contributed by atoms with Gasteiger partial charge in [0.1, 0.15) is 21.8 Å². The Morgan fingerprint density at radius 2 is 1.67 bits per heavy atom. The Morgan fingerprint density at radius 1 is 1.24 bits per heavy atom. The molecule has 0 bridgehead atoms. The topological polar surface area (TPSA) is 89.3 Å². The maximum absolute atomic E-state index is 13.7. The van der Waals surface area contributed by atoms with Crippen molar-refractivity contribution in [3.63, 3.8) is 0 Å². The van der Waals surface area contributed by atoms with Crippen molar-refractivity contribution in [2.45, 2.75) is 43.4 Å². The number of anilines is 1. The van der Waals surface area contributed by atoms with E-state index >= 15 is 0 Å². The van der Waals surface area contributed by atoms with Crippen LogP contribution in [0.2, 0.25) is 0 Å². The van der Waals surface area contributed by atoms with E-state index in [2.05, 4.69) is 5.32 Å². The molecule has 0 aliphatic carbocycles. The number of halogens is 2. The van der Waals surface area contributed by atoms with Crippen LogP contribution in [0, 0.1) is 11.6 Å².